The van der Waals surface area contributed by atoms with Crippen molar-refractivity contribution in [1.82, 2.24) is 0 Å². The Balaban J connectivity index is 3.38. The molecule has 0 bridgehead atoms. The van der Waals surface area contributed by atoms with Gasteiger partial charge in [0.05, 0.1) is 10.8 Å². The lowest BCUT2D eigenvalue weighted by Gasteiger charge is -2.19. The number of hydrogen-bond acceptors (Lipinski definition) is 4. The highest BCUT2D eigenvalue weighted by molar-refractivity contribution is 7.86. The second kappa shape index (κ2) is 9.60. The Morgan fingerprint density at radius 2 is 2.05 bits per heavy atom. The fraction of sp³-hybridized carbons (Fsp3) is 0.500. The molecule has 6 heteroatoms. The van der Waals surface area contributed by atoms with Crippen LogP contribution in [0.2, 0.25) is 0 Å². The summed E-state index contributed by atoms with van der Waals surface area (Å²) >= 11 is 5.77. The van der Waals surface area contributed by atoms with Gasteiger partial charge in [-0.2, -0.15) is 5.26 Å². The van der Waals surface area contributed by atoms with E-state index in [9.17, 15) is 4.21 Å². The summed E-state index contributed by atoms with van der Waals surface area (Å²) in [6.07, 6.45) is 4.11. The molecule has 0 saturated carbocycles. The fourth-order valence-corrected chi connectivity index (χ4v) is 3.80. The number of oxime groups is 1. The van der Waals surface area contributed by atoms with Crippen molar-refractivity contribution < 1.29 is 9.42 Å². The Kier molecular flexibility index (Phi) is 8.15. The largest absolute Gasteiger partial charge is 0.410 e. The van der Waals surface area contributed by atoms with Crippen LogP contribution in [0.5, 0.6) is 0 Å². The first-order valence-electron chi connectivity index (χ1n) is 7.33. The van der Waals surface area contributed by atoms with Crippen molar-refractivity contribution in [2.75, 3.05) is 5.21 Å². The van der Waals surface area contributed by atoms with Gasteiger partial charge in [0.25, 0.3) is 0 Å². The molecule has 4 nitrogen and oxygen atoms in total. The van der Waals surface area contributed by atoms with E-state index in [1.807, 2.05) is 12.1 Å². The van der Waals surface area contributed by atoms with E-state index in [0.717, 1.165) is 31.2 Å². The molecule has 120 valence electrons. The van der Waals surface area contributed by atoms with Gasteiger partial charge < -0.3 is 5.21 Å². The van der Waals surface area contributed by atoms with Crippen LogP contribution in [-0.2, 0) is 10.8 Å². The lowest BCUT2D eigenvalue weighted by molar-refractivity contribution is 0.320. The standard InChI is InChI=1S/C16H21ClN2O2S/c1-3-5-12(6-4-2)14-8-7-13(15(10-18)19-20)9-16(14)22(21)11-17/h7-9,12,20H,3-6,11H2,1-2H3/b19-15+. The van der Waals surface area contributed by atoms with Gasteiger partial charge in [-0.15, -0.1) is 11.6 Å². The minimum Gasteiger partial charge on any atom is -0.410 e. The molecule has 1 N–H and O–H groups in total. The Morgan fingerprint density at radius 3 is 2.50 bits per heavy atom. The summed E-state index contributed by atoms with van der Waals surface area (Å²) in [5.74, 6) is 0.322. The van der Waals surface area contributed by atoms with Crippen LogP contribution >= 0.6 is 11.6 Å². The van der Waals surface area contributed by atoms with Crippen LogP contribution in [0, 0.1) is 11.3 Å². The van der Waals surface area contributed by atoms with Gasteiger partial charge in [0.2, 0.25) is 0 Å². The zero-order chi connectivity index (χ0) is 16.5. The summed E-state index contributed by atoms with van der Waals surface area (Å²) < 4.78 is 12.3. The van der Waals surface area contributed by atoms with E-state index in [4.69, 9.17) is 22.1 Å². The summed E-state index contributed by atoms with van der Waals surface area (Å²) in [5, 5.41) is 20.8. The van der Waals surface area contributed by atoms with Crippen molar-refractivity contribution in [3.05, 3.63) is 29.3 Å². The molecule has 1 aromatic carbocycles. The van der Waals surface area contributed by atoms with E-state index in [1.54, 1.807) is 12.1 Å². The fourth-order valence-electron chi connectivity index (χ4n) is 2.57. The molecule has 1 rings (SSSR count). The van der Waals surface area contributed by atoms with Crippen LogP contribution in [0.25, 0.3) is 0 Å². The van der Waals surface area contributed by atoms with Gasteiger partial charge in [-0.1, -0.05) is 44.0 Å². The van der Waals surface area contributed by atoms with Gasteiger partial charge in [0, 0.05) is 10.5 Å². The van der Waals surface area contributed by atoms with Gasteiger partial charge >= 0.3 is 0 Å². The van der Waals surface area contributed by atoms with E-state index >= 15 is 0 Å². The van der Waals surface area contributed by atoms with Crippen LogP contribution in [0.1, 0.15) is 56.6 Å². The van der Waals surface area contributed by atoms with Gasteiger partial charge in [0.15, 0.2) is 5.71 Å². The number of rotatable bonds is 8. The van der Waals surface area contributed by atoms with Crippen LogP contribution in [0.4, 0.5) is 0 Å². The lowest BCUT2D eigenvalue weighted by Crippen LogP contribution is -2.08. The first kappa shape index (κ1) is 18.7. The molecule has 0 heterocycles. The molecule has 0 spiro atoms. The highest BCUT2D eigenvalue weighted by atomic mass is 35.5. The van der Waals surface area contributed by atoms with Crippen molar-refractivity contribution in [2.24, 2.45) is 5.16 Å². The minimum atomic E-state index is -1.34. The molecule has 1 aromatic rings. The summed E-state index contributed by atoms with van der Waals surface area (Å²) in [5.41, 5.74) is 1.37. The smallest absolute Gasteiger partial charge is 0.186 e. The Morgan fingerprint density at radius 1 is 1.41 bits per heavy atom. The maximum Gasteiger partial charge on any atom is 0.186 e. The van der Waals surface area contributed by atoms with E-state index in [1.165, 1.54) is 0 Å². The van der Waals surface area contributed by atoms with Crippen LogP contribution in [0.15, 0.2) is 28.3 Å². The van der Waals surface area contributed by atoms with Gasteiger partial charge in [-0.25, -0.2) is 0 Å². The number of alkyl halides is 1. The van der Waals surface area contributed by atoms with Crippen LogP contribution < -0.4 is 0 Å². The Labute approximate surface area is 139 Å². The normalized spacial score (nSPS) is 13.1. The predicted octanol–water partition coefficient (Wildman–Crippen LogP) is 4.38. The molecular weight excluding hydrogens is 320 g/mol. The summed E-state index contributed by atoms with van der Waals surface area (Å²) in [6, 6.07) is 7.10. The van der Waals surface area contributed by atoms with E-state index in [0.29, 0.717) is 16.4 Å². The topological polar surface area (TPSA) is 73.4 Å². The average molecular weight is 341 g/mol. The summed E-state index contributed by atoms with van der Waals surface area (Å²) in [6.45, 7) is 4.25. The first-order chi connectivity index (χ1) is 10.6. The van der Waals surface area contributed by atoms with Crippen molar-refractivity contribution in [1.29, 1.82) is 5.26 Å². The molecule has 0 aliphatic rings. The molecule has 0 aliphatic carbocycles. The number of hydrogen-bond donors (Lipinski definition) is 1. The predicted molar refractivity (Wildman–Crippen MR) is 90.1 cm³/mol. The second-order valence-electron chi connectivity index (χ2n) is 5.04. The van der Waals surface area contributed by atoms with E-state index in [2.05, 4.69) is 19.0 Å². The third kappa shape index (κ3) is 4.56. The SMILES string of the molecule is CCCC(CCC)c1ccc(/C(C#N)=N/O)cc1S(=O)CCl. The van der Waals surface area contributed by atoms with Gasteiger partial charge in [0.1, 0.15) is 11.3 Å². The lowest BCUT2D eigenvalue weighted by atomic mass is 9.89. The maximum atomic E-state index is 12.3. The zero-order valence-corrected chi connectivity index (χ0v) is 14.5. The van der Waals surface area contributed by atoms with Crippen molar-refractivity contribution in [2.45, 2.75) is 50.3 Å². The molecule has 0 amide bonds. The highest BCUT2D eigenvalue weighted by Crippen LogP contribution is 2.32. The monoisotopic (exact) mass is 340 g/mol. The third-order valence-electron chi connectivity index (χ3n) is 3.55. The summed E-state index contributed by atoms with van der Waals surface area (Å²) in [7, 11) is -1.34. The average Bonchev–Trinajstić information content (AvgIpc) is 2.55. The summed E-state index contributed by atoms with van der Waals surface area (Å²) in [4.78, 5) is 0.635. The number of benzene rings is 1. The molecule has 1 unspecified atom stereocenters. The number of halogens is 1. The molecule has 0 aromatic heterocycles. The van der Waals surface area contributed by atoms with E-state index < -0.39 is 10.8 Å². The molecule has 0 saturated heterocycles. The number of nitriles is 1. The molecule has 0 fully saturated rings. The number of nitrogens with zero attached hydrogens (tertiary/aromatic N) is 2. The van der Waals surface area contributed by atoms with Crippen molar-refractivity contribution in [3.8, 4) is 6.07 Å². The molecule has 22 heavy (non-hydrogen) atoms. The van der Waals surface area contributed by atoms with Gasteiger partial charge in [-0.3, -0.25) is 4.21 Å². The van der Waals surface area contributed by atoms with Crippen LogP contribution in [0.3, 0.4) is 0 Å². The highest BCUT2D eigenvalue weighted by Gasteiger charge is 2.19. The quantitative estimate of drug-likeness (QED) is 0.330. The zero-order valence-electron chi connectivity index (χ0n) is 12.9. The van der Waals surface area contributed by atoms with Crippen LogP contribution in [-0.4, -0.2) is 20.3 Å². The van der Waals surface area contributed by atoms with Gasteiger partial charge in [-0.05, 0) is 30.4 Å². The maximum absolute atomic E-state index is 12.3. The second-order valence-corrected chi connectivity index (χ2v) is 7.05. The molecular formula is C16H21ClN2O2S. The third-order valence-corrected chi connectivity index (χ3v) is 5.19. The Hall–Kier alpha value is -1.38. The van der Waals surface area contributed by atoms with Crippen molar-refractivity contribution in [3.63, 3.8) is 0 Å². The molecule has 0 aliphatic heterocycles. The molecule has 1 atom stereocenters. The molecule has 0 radical (unpaired) electrons. The Bertz CT molecular complexity index is 590. The minimum absolute atomic E-state index is 0.000419. The van der Waals surface area contributed by atoms with E-state index in [-0.39, 0.29) is 10.9 Å². The van der Waals surface area contributed by atoms with Crippen molar-refractivity contribution >= 4 is 28.1 Å². The first-order valence-corrected chi connectivity index (χ1v) is 9.18.